The van der Waals surface area contributed by atoms with Gasteiger partial charge in [-0.2, -0.15) is 0 Å². The second-order valence-electron chi connectivity index (χ2n) is 6.81. The average molecular weight is 245 g/mol. The zero-order chi connectivity index (χ0) is 13.2. The van der Waals surface area contributed by atoms with Crippen molar-refractivity contribution < 1.29 is 0 Å². The summed E-state index contributed by atoms with van der Waals surface area (Å²) in [5, 5.41) is 3.74. The summed E-state index contributed by atoms with van der Waals surface area (Å²) in [6, 6.07) is 9.50. The van der Waals surface area contributed by atoms with Crippen molar-refractivity contribution in [1.29, 1.82) is 0 Å². The molecule has 1 aliphatic rings. The summed E-state index contributed by atoms with van der Waals surface area (Å²) in [5.74, 6) is 0.834. The van der Waals surface area contributed by atoms with E-state index in [1.54, 1.807) is 0 Å². The largest absolute Gasteiger partial charge is 0.382 e. The molecule has 1 nitrogen and oxygen atoms in total. The quantitative estimate of drug-likeness (QED) is 0.800. The zero-order valence-corrected chi connectivity index (χ0v) is 12.3. The lowest BCUT2D eigenvalue weighted by atomic mass is 9.70. The van der Waals surface area contributed by atoms with E-state index in [-0.39, 0.29) is 0 Å². The molecule has 1 saturated carbocycles. The van der Waals surface area contributed by atoms with Gasteiger partial charge in [-0.3, -0.25) is 0 Å². The first-order valence-corrected chi connectivity index (χ1v) is 7.34. The van der Waals surface area contributed by atoms with Crippen LogP contribution in [0.15, 0.2) is 24.3 Å². The molecule has 0 radical (unpaired) electrons. The van der Waals surface area contributed by atoms with Crippen LogP contribution < -0.4 is 5.32 Å². The third kappa shape index (κ3) is 3.51. The molecule has 0 saturated heterocycles. The maximum Gasteiger partial charge on any atom is 0.0345 e. The van der Waals surface area contributed by atoms with Crippen molar-refractivity contribution >= 4 is 5.69 Å². The van der Waals surface area contributed by atoms with Gasteiger partial charge in [-0.1, -0.05) is 39.8 Å². The Bertz CT molecular complexity index is 394. The molecule has 18 heavy (non-hydrogen) atoms. The van der Waals surface area contributed by atoms with Gasteiger partial charge < -0.3 is 5.32 Å². The lowest BCUT2D eigenvalue weighted by Gasteiger charge is -2.39. The van der Waals surface area contributed by atoms with Crippen LogP contribution in [-0.4, -0.2) is 6.04 Å². The summed E-state index contributed by atoms with van der Waals surface area (Å²) < 4.78 is 0. The number of rotatable bonds is 3. The molecule has 2 atom stereocenters. The summed E-state index contributed by atoms with van der Waals surface area (Å²) in [7, 11) is 0. The molecular formula is C17H27N. The Morgan fingerprint density at radius 2 is 2.06 bits per heavy atom. The van der Waals surface area contributed by atoms with Crippen LogP contribution in [0.25, 0.3) is 0 Å². The predicted molar refractivity (Wildman–Crippen MR) is 80.0 cm³/mol. The number of benzene rings is 1. The van der Waals surface area contributed by atoms with Crippen LogP contribution in [0.1, 0.15) is 52.5 Å². The lowest BCUT2D eigenvalue weighted by molar-refractivity contribution is 0.178. The molecule has 0 aromatic heterocycles. The molecule has 0 bridgehead atoms. The van der Waals surface area contributed by atoms with E-state index in [4.69, 9.17) is 0 Å². The molecule has 1 aliphatic carbocycles. The normalized spacial score (nSPS) is 26.9. The molecule has 0 spiro atoms. The zero-order valence-electron chi connectivity index (χ0n) is 12.3. The smallest absolute Gasteiger partial charge is 0.0345 e. The van der Waals surface area contributed by atoms with Crippen molar-refractivity contribution in [2.45, 2.75) is 59.4 Å². The maximum atomic E-state index is 3.74. The minimum atomic E-state index is 0.484. The molecule has 2 rings (SSSR count). The fraction of sp³-hybridized carbons (Fsp3) is 0.647. The molecule has 100 valence electrons. The highest BCUT2D eigenvalue weighted by molar-refractivity contribution is 5.46. The topological polar surface area (TPSA) is 12.0 Å². The van der Waals surface area contributed by atoms with Crippen LogP contribution in [0.2, 0.25) is 0 Å². The van der Waals surface area contributed by atoms with E-state index in [0.29, 0.717) is 11.5 Å². The van der Waals surface area contributed by atoms with Gasteiger partial charge in [0.15, 0.2) is 0 Å². The van der Waals surface area contributed by atoms with E-state index < -0.39 is 0 Å². The van der Waals surface area contributed by atoms with Crippen LogP contribution in [0.4, 0.5) is 5.69 Å². The fourth-order valence-electron chi connectivity index (χ4n) is 3.57. The van der Waals surface area contributed by atoms with E-state index in [1.807, 2.05) is 0 Å². The average Bonchev–Trinajstić information content (AvgIpc) is 2.26. The summed E-state index contributed by atoms with van der Waals surface area (Å²) in [4.78, 5) is 0. The van der Waals surface area contributed by atoms with Crippen LogP contribution in [0, 0.1) is 11.3 Å². The Morgan fingerprint density at radius 1 is 1.28 bits per heavy atom. The first-order valence-electron chi connectivity index (χ1n) is 7.34. The Kier molecular flexibility index (Phi) is 3.99. The van der Waals surface area contributed by atoms with Crippen LogP contribution in [-0.2, 0) is 6.42 Å². The van der Waals surface area contributed by atoms with Crippen molar-refractivity contribution in [3.8, 4) is 0 Å². The molecule has 1 heteroatoms. The molecule has 0 amide bonds. The maximum absolute atomic E-state index is 3.74. The van der Waals surface area contributed by atoms with Crippen molar-refractivity contribution in [3.63, 3.8) is 0 Å². The molecular weight excluding hydrogens is 218 g/mol. The second kappa shape index (κ2) is 5.34. The number of hydrogen-bond acceptors (Lipinski definition) is 1. The number of hydrogen-bond donors (Lipinski definition) is 1. The third-order valence-electron chi connectivity index (χ3n) is 4.09. The molecule has 0 aliphatic heterocycles. The van der Waals surface area contributed by atoms with Crippen LogP contribution in [0.3, 0.4) is 0 Å². The molecule has 0 heterocycles. The lowest BCUT2D eigenvalue weighted by Crippen LogP contribution is -2.35. The van der Waals surface area contributed by atoms with Gasteiger partial charge in [-0.05, 0) is 54.7 Å². The van der Waals surface area contributed by atoms with Crippen molar-refractivity contribution in [3.05, 3.63) is 29.8 Å². The third-order valence-corrected chi connectivity index (χ3v) is 4.09. The summed E-state index contributed by atoms with van der Waals surface area (Å²) in [6.07, 6.45) is 5.07. The highest BCUT2D eigenvalue weighted by atomic mass is 14.9. The van der Waals surface area contributed by atoms with Gasteiger partial charge in [0, 0.05) is 11.7 Å². The Balaban J connectivity index is 2.04. The Labute approximate surface area is 112 Å². The monoisotopic (exact) mass is 245 g/mol. The van der Waals surface area contributed by atoms with Gasteiger partial charge in [0.05, 0.1) is 0 Å². The fourth-order valence-corrected chi connectivity index (χ4v) is 3.57. The van der Waals surface area contributed by atoms with E-state index >= 15 is 0 Å². The Morgan fingerprint density at radius 3 is 2.72 bits per heavy atom. The van der Waals surface area contributed by atoms with E-state index in [9.17, 15) is 0 Å². The van der Waals surface area contributed by atoms with Crippen molar-refractivity contribution in [2.24, 2.45) is 11.3 Å². The summed E-state index contributed by atoms with van der Waals surface area (Å²) in [6.45, 7) is 9.41. The predicted octanol–water partition coefficient (Wildman–Crippen LogP) is 4.88. The van der Waals surface area contributed by atoms with Crippen molar-refractivity contribution in [2.75, 3.05) is 5.32 Å². The standard InChI is InChI=1S/C17H27N/c1-5-14-7-6-8-15(10-14)18-16-9-13(2)11-17(3,4)12-16/h6-8,10,13,16,18H,5,9,11-12H2,1-4H3. The SMILES string of the molecule is CCc1cccc(NC2CC(C)CC(C)(C)C2)c1. The van der Waals surface area contributed by atoms with Gasteiger partial charge in [-0.25, -0.2) is 0 Å². The first kappa shape index (κ1) is 13.5. The first-order chi connectivity index (χ1) is 8.48. The molecule has 1 fully saturated rings. The minimum Gasteiger partial charge on any atom is -0.382 e. The number of nitrogens with one attached hydrogen (secondary N) is 1. The molecule has 1 aromatic carbocycles. The van der Waals surface area contributed by atoms with Gasteiger partial charge in [0.25, 0.3) is 0 Å². The van der Waals surface area contributed by atoms with E-state index in [1.165, 1.54) is 30.5 Å². The van der Waals surface area contributed by atoms with Gasteiger partial charge >= 0.3 is 0 Å². The molecule has 2 unspecified atom stereocenters. The summed E-state index contributed by atoms with van der Waals surface area (Å²) in [5.41, 5.74) is 3.20. The Hall–Kier alpha value is -0.980. The number of anilines is 1. The number of aryl methyl sites for hydroxylation is 1. The van der Waals surface area contributed by atoms with E-state index in [2.05, 4.69) is 57.3 Å². The molecule has 1 aromatic rings. The van der Waals surface area contributed by atoms with Crippen LogP contribution >= 0.6 is 0 Å². The summed E-state index contributed by atoms with van der Waals surface area (Å²) >= 11 is 0. The minimum absolute atomic E-state index is 0.484. The van der Waals surface area contributed by atoms with Crippen LogP contribution in [0.5, 0.6) is 0 Å². The highest BCUT2D eigenvalue weighted by Gasteiger charge is 2.31. The van der Waals surface area contributed by atoms with Gasteiger partial charge in [0.1, 0.15) is 0 Å². The molecule has 1 N–H and O–H groups in total. The van der Waals surface area contributed by atoms with Gasteiger partial charge in [-0.15, -0.1) is 0 Å². The highest BCUT2D eigenvalue weighted by Crippen LogP contribution is 2.39. The van der Waals surface area contributed by atoms with Gasteiger partial charge in [0.2, 0.25) is 0 Å². The second-order valence-corrected chi connectivity index (χ2v) is 6.81. The van der Waals surface area contributed by atoms with Crippen molar-refractivity contribution in [1.82, 2.24) is 0 Å². The van der Waals surface area contributed by atoms with E-state index in [0.717, 1.165) is 12.3 Å².